The van der Waals surface area contributed by atoms with Crippen LogP contribution in [-0.2, 0) is 10.0 Å². The van der Waals surface area contributed by atoms with E-state index in [0.717, 1.165) is 11.1 Å². The molecular formula is C19H23N3O3S. The molecule has 2 heterocycles. The number of piperidine rings is 1. The van der Waals surface area contributed by atoms with Crippen molar-refractivity contribution in [1.82, 2.24) is 14.6 Å². The van der Waals surface area contributed by atoms with Crippen LogP contribution in [0.5, 0.6) is 0 Å². The third kappa shape index (κ3) is 3.94. The standard InChI is InChI=1S/C19H23N3O3S/c1-14-6-7-18(15(2)13-14)26(24,25)22-11-8-16(9-12-22)21-19(23)17-5-3-4-10-20-17/h3-7,10,13,16H,8-9,11-12H2,1-2H3,(H,21,23). The van der Waals surface area contributed by atoms with Crippen LogP contribution in [0.3, 0.4) is 0 Å². The lowest BCUT2D eigenvalue weighted by molar-refractivity contribution is 0.0919. The molecule has 3 rings (SSSR count). The summed E-state index contributed by atoms with van der Waals surface area (Å²) >= 11 is 0. The first kappa shape index (κ1) is 18.5. The number of hydrogen-bond acceptors (Lipinski definition) is 4. The highest BCUT2D eigenvalue weighted by Crippen LogP contribution is 2.24. The van der Waals surface area contributed by atoms with Crippen LogP contribution < -0.4 is 5.32 Å². The van der Waals surface area contributed by atoms with Crippen LogP contribution in [0, 0.1) is 13.8 Å². The lowest BCUT2D eigenvalue weighted by Gasteiger charge is -2.32. The van der Waals surface area contributed by atoms with Crippen molar-refractivity contribution in [2.75, 3.05) is 13.1 Å². The van der Waals surface area contributed by atoms with Crippen molar-refractivity contribution in [1.29, 1.82) is 0 Å². The number of carbonyl (C=O) groups is 1. The van der Waals surface area contributed by atoms with Gasteiger partial charge in [-0.15, -0.1) is 0 Å². The minimum Gasteiger partial charge on any atom is -0.348 e. The molecule has 0 saturated carbocycles. The number of carbonyl (C=O) groups excluding carboxylic acids is 1. The SMILES string of the molecule is Cc1ccc(S(=O)(=O)N2CCC(NC(=O)c3ccccn3)CC2)c(C)c1. The minimum absolute atomic E-state index is 0.0462. The van der Waals surface area contributed by atoms with Gasteiger partial charge in [-0.2, -0.15) is 4.31 Å². The molecule has 138 valence electrons. The van der Waals surface area contributed by atoms with Crippen molar-refractivity contribution in [2.24, 2.45) is 0 Å². The van der Waals surface area contributed by atoms with Gasteiger partial charge in [0.2, 0.25) is 10.0 Å². The average Bonchev–Trinajstić information content (AvgIpc) is 2.62. The lowest BCUT2D eigenvalue weighted by atomic mass is 10.1. The van der Waals surface area contributed by atoms with Gasteiger partial charge in [0.25, 0.3) is 5.91 Å². The number of rotatable bonds is 4. The number of hydrogen-bond donors (Lipinski definition) is 1. The molecule has 0 bridgehead atoms. The summed E-state index contributed by atoms with van der Waals surface area (Å²) in [6.07, 6.45) is 2.75. The molecule has 1 aliphatic heterocycles. The highest BCUT2D eigenvalue weighted by atomic mass is 32.2. The molecule has 1 saturated heterocycles. The highest BCUT2D eigenvalue weighted by Gasteiger charge is 2.31. The fourth-order valence-electron chi connectivity index (χ4n) is 3.22. The predicted molar refractivity (Wildman–Crippen MR) is 99.4 cm³/mol. The van der Waals surface area contributed by atoms with Crippen LogP contribution in [0.2, 0.25) is 0 Å². The molecule has 0 spiro atoms. The van der Waals surface area contributed by atoms with Crippen LogP contribution in [-0.4, -0.2) is 42.7 Å². The van der Waals surface area contributed by atoms with Gasteiger partial charge in [-0.25, -0.2) is 8.42 Å². The molecule has 1 fully saturated rings. The quantitative estimate of drug-likeness (QED) is 0.892. The molecule has 1 aliphatic rings. The van der Waals surface area contributed by atoms with Gasteiger partial charge in [-0.3, -0.25) is 9.78 Å². The molecule has 0 atom stereocenters. The van der Waals surface area contributed by atoms with E-state index >= 15 is 0 Å². The van der Waals surface area contributed by atoms with Crippen LogP contribution in [0.25, 0.3) is 0 Å². The van der Waals surface area contributed by atoms with Crippen molar-refractivity contribution in [3.05, 3.63) is 59.4 Å². The van der Waals surface area contributed by atoms with Crippen molar-refractivity contribution < 1.29 is 13.2 Å². The number of pyridine rings is 1. The molecule has 6 nitrogen and oxygen atoms in total. The number of aromatic nitrogens is 1. The van der Waals surface area contributed by atoms with Gasteiger partial charge in [-0.1, -0.05) is 23.8 Å². The van der Waals surface area contributed by atoms with E-state index in [0.29, 0.717) is 36.5 Å². The zero-order valence-electron chi connectivity index (χ0n) is 15.0. The van der Waals surface area contributed by atoms with E-state index in [9.17, 15) is 13.2 Å². The first-order valence-electron chi connectivity index (χ1n) is 8.67. The maximum atomic E-state index is 12.9. The predicted octanol–water partition coefficient (Wildman–Crippen LogP) is 2.28. The third-order valence-electron chi connectivity index (χ3n) is 4.63. The van der Waals surface area contributed by atoms with Crippen LogP contribution in [0.15, 0.2) is 47.5 Å². The monoisotopic (exact) mass is 373 g/mol. The normalized spacial score (nSPS) is 16.4. The average molecular weight is 373 g/mol. The van der Waals surface area contributed by atoms with Gasteiger partial charge in [0, 0.05) is 25.3 Å². The summed E-state index contributed by atoms with van der Waals surface area (Å²) in [4.78, 5) is 16.6. The molecule has 2 aromatic rings. The molecule has 1 amide bonds. The Morgan fingerprint density at radius 2 is 1.88 bits per heavy atom. The number of nitrogens with zero attached hydrogens (tertiary/aromatic N) is 2. The molecule has 0 unspecified atom stereocenters. The molecule has 1 aromatic heterocycles. The Bertz CT molecular complexity index is 890. The van der Waals surface area contributed by atoms with Crippen LogP contribution in [0.4, 0.5) is 0 Å². The van der Waals surface area contributed by atoms with Crippen molar-refractivity contribution in [3.63, 3.8) is 0 Å². The Kier molecular flexibility index (Phi) is 5.38. The molecular weight excluding hydrogens is 350 g/mol. The summed E-state index contributed by atoms with van der Waals surface area (Å²) in [5.74, 6) is -0.221. The van der Waals surface area contributed by atoms with Gasteiger partial charge in [0.05, 0.1) is 4.90 Å². The number of sulfonamides is 1. The van der Waals surface area contributed by atoms with Gasteiger partial charge in [0.15, 0.2) is 0 Å². The number of nitrogens with one attached hydrogen (secondary N) is 1. The Balaban J connectivity index is 1.63. The van der Waals surface area contributed by atoms with Gasteiger partial charge < -0.3 is 5.32 Å². The fourth-order valence-corrected chi connectivity index (χ4v) is 4.90. The zero-order chi connectivity index (χ0) is 18.7. The fraction of sp³-hybridized carbons (Fsp3) is 0.368. The van der Waals surface area contributed by atoms with Gasteiger partial charge in [-0.05, 0) is 50.5 Å². The summed E-state index contributed by atoms with van der Waals surface area (Å²) in [6.45, 7) is 4.55. The van der Waals surface area contributed by atoms with E-state index in [-0.39, 0.29) is 11.9 Å². The number of benzene rings is 1. The third-order valence-corrected chi connectivity index (χ3v) is 6.69. The molecule has 7 heteroatoms. The maximum absolute atomic E-state index is 12.9. The number of aryl methyl sites for hydroxylation is 2. The molecule has 1 N–H and O–H groups in total. The summed E-state index contributed by atoms with van der Waals surface area (Å²) in [7, 11) is -3.51. The number of amides is 1. The van der Waals surface area contributed by atoms with Gasteiger partial charge >= 0.3 is 0 Å². The second-order valence-corrected chi connectivity index (χ2v) is 8.54. The van der Waals surface area contributed by atoms with Crippen molar-refractivity contribution >= 4 is 15.9 Å². The van der Waals surface area contributed by atoms with E-state index in [2.05, 4.69) is 10.3 Å². The summed E-state index contributed by atoms with van der Waals surface area (Å²) < 4.78 is 27.3. The van der Waals surface area contributed by atoms with Gasteiger partial charge in [0.1, 0.15) is 5.69 Å². The topological polar surface area (TPSA) is 79.4 Å². The van der Waals surface area contributed by atoms with Crippen LogP contribution >= 0.6 is 0 Å². The van der Waals surface area contributed by atoms with E-state index in [1.807, 2.05) is 26.0 Å². The Morgan fingerprint density at radius 3 is 2.50 bits per heavy atom. The molecule has 1 aromatic carbocycles. The lowest BCUT2D eigenvalue weighted by Crippen LogP contribution is -2.46. The van der Waals surface area contributed by atoms with E-state index in [1.54, 1.807) is 30.5 Å². The summed E-state index contributed by atoms with van der Waals surface area (Å²) in [5, 5.41) is 2.94. The Morgan fingerprint density at radius 1 is 1.15 bits per heavy atom. The first-order chi connectivity index (χ1) is 12.4. The molecule has 0 aliphatic carbocycles. The van der Waals surface area contributed by atoms with E-state index in [4.69, 9.17) is 0 Å². The smallest absolute Gasteiger partial charge is 0.270 e. The molecule has 26 heavy (non-hydrogen) atoms. The first-order valence-corrected chi connectivity index (χ1v) is 10.1. The Hall–Kier alpha value is -2.25. The van der Waals surface area contributed by atoms with E-state index in [1.165, 1.54) is 4.31 Å². The van der Waals surface area contributed by atoms with Crippen molar-refractivity contribution in [2.45, 2.75) is 37.6 Å². The Labute approximate surface area is 154 Å². The molecule has 0 radical (unpaired) electrons. The zero-order valence-corrected chi connectivity index (χ0v) is 15.8. The highest BCUT2D eigenvalue weighted by molar-refractivity contribution is 7.89. The second-order valence-electron chi connectivity index (χ2n) is 6.64. The van der Waals surface area contributed by atoms with Crippen molar-refractivity contribution in [3.8, 4) is 0 Å². The maximum Gasteiger partial charge on any atom is 0.270 e. The largest absolute Gasteiger partial charge is 0.348 e. The van der Waals surface area contributed by atoms with E-state index < -0.39 is 10.0 Å². The second kappa shape index (κ2) is 7.55. The summed E-state index contributed by atoms with van der Waals surface area (Å²) in [6, 6.07) is 10.5. The summed E-state index contributed by atoms with van der Waals surface area (Å²) in [5.41, 5.74) is 2.17. The van der Waals surface area contributed by atoms with Crippen LogP contribution in [0.1, 0.15) is 34.5 Å². The minimum atomic E-state index is -3.51.